The Morgan fingerprint density at radius 2 is 1.75 bits per heavy atom. The van der Waals surface area contributed by atoms with Crippen LogP contribution in [0.5, 0.6) is 0 Å². The monoisotopic (exact) mass is 296 g/mol. The van der Waals surface area contributed by atoms with Gasteiger partial charge in [0.15, 0.2) is 5.17 Å². The van der Waals surface area contributed by atoms with E-state index in [2.05, 4.69) is 33.0 Å². The van der Waals surface area contributed by atoms with E-state index in [1.165, 1.54) is 49.4 Å². The number of rotatable bonds is 3. The summed E-state index contributed by atoms with van der Waals surface area (Å²) < 4.78 is 0. The van der Waals surface area contributed by atoms with Crippen molar-refractivity contribution in [3.05, 3.63) is 0 Å². The average Bonchev–Trinajstić information content (AvgIpc) is 2.45. The molecule has 1 aliphatic heterocycles. The van der Waals surface area contributed by atoms with E-state index >= 15 is 0 Å². The molecule has 0 radical (unpaired) electrons. The molecule has 2 aliphatic rings. The van der Waals surface area contributed by atoms with Crippen LogP contribution in [-0.4, -0.2) is 23.5 Å². The van der Waals surface area contributed by atoms with E-state index in [0.29, 0.717) is 11.5 Å². The number of hydrogen-bond donors (Lipinski definition) is 1. The zero-order valence-electron chi connectivity index (χ0n) is 13.7. The number of nitrogens with one attached hydrogen (secondary N) is 1. The van der Waals surface area contributed by atoms with Gasteiger partial charge in [-0.25, -0.2) is 0 Å². The molecule has 1 unspecified atom stereocenters. The topological polar surface area (TPSA) is 24.4 Å². The van der Waals surface area contributed by atoms with Crippen molar-refractivity contribution in [2.24, 2.45) is 22.2 Å². The van der Waals surface area contributed by atoms with Crippen LogP contribution in [0.4, 0.5) is 0 Å². The molecule has 2 nitrogen and oxygen atoms in total. The Morgan fingerprint density at radius 1 is 1.10 bits per heavy atom. The summed E-state index contributed by atoms with van der Waals surface area (Å²) in [6.07, 6.45) is 8.26. The number of amidine groups is 1. The van der Waals surface area contributed by atoms with Gasteiger partial charge in [0.25, 0.3) is 0 Å². The van der Waals surface area contributed by atoms with Gasteiger partial charge in [0.05, 0.1) is 0 Å². The first-order valence-electron chi connectivity index (χ1n) is 8.42. The summed E-state index contributed by atoms with van der Waals surface area (Å²) in [5.41, 5.74) is 0.334. The normalized spacial score (nSPS) is 34.0. The SMILES string of the molecule is CCC1CCC(CN=C2NC(C(C)(C)C)CCS2)CC1. The minimum atomic E-state index is 0.334. The van der Waals surface area contributed by atoms with Crippen LogP contribution >= 0.6 is 11.8 Å². The highest BCUT2D eigenvalue weighted by Crippen LogP contribution is 2.31. The van der Waals surface area contributed by atoms with Crippen molar-refractivity contribution in [2.45, 2.75) is 72.3 Å². The Hall–Kier alpha value is -0.180. The average molecular weight is 297 g/mol. The van der Waals surface area contributed by atoms with Crippen molar-refractivity contribution >= 4 is 16.9 Å². The highest BCUT2D eigenvalue weighted by molar-refractivity contribution is 8.13. The van der Waals surface area contributed by atoms with E-state index in [1.807, 2.05) is 11.8 Å². The van der Waals surface area contributed by atoms with E-state index in [1.54, 1.807) is 0 Å². The van der Waals surface area contributed by atoms with Crippen LogP contribution in [-0.2, 0) is 0 Å². The fraction of sp³-hybridized carbons (Fsp3) is 0.941. The van der Waals surface area contributed by atoms with Crippen molar-refractivity contribution < 1.29 is 0 Å². The molecule has 0 aromatic heterocycles. The van der Waals surface area contributed by atoms with Crippen molar-refractivity contribution in [1.29, 1.82) is 0 Å². The Balaban J connectivity index is 1.80. The lowest BCUT2D eigenvalue weighted by atomic mass is 9.81. The molecule has 1 heterocycles. The first-order valence-corrected chi connectivity index (χ1v) is 9.41. The Bertz CT molecular complexity index is 324. The molecule has 1 saturated carbocycles. The van der Waals surface area contributed by atoms with Gasteiger partial charge in [-0.15, -0.1) is 0 Å². The first kappa shape index (κ1) is 16.2. The van der Waals surface area contributed by atoms with Gasteiger partial charge in [-0.2, -0.15) is 0 Å². The van der Waals surface area contributed by atoms with Gasteiger partial charge in [-0.1, -0.05) is 58.7 Å². The zero-order valence-corrected chi connectivity index (χ0v) is 14.6. The Labute approximate surface area is 129 Å². The number of thioether (sulfide) groups is 1. The highest BCUT2D eigenvalue weighted by Gasteiger charge is 2.28. The van der Waals surface area contributed by atoms with Crippen molar-refractivity contribution in [1.82, 2.24) is 5.32 Å². The molecule has 0 amide bonds. The van der Waals surface area contributed by atoms with Crippen LogP contribution in [0.15, 0.2) is 4.99 Å². The molecule has 0 bridgehead atoms. The minimum absolute atomic E-state index is 0.334. The van der Waals surface area contributed by atoms with E-state index in [0.717, 1.165) is 18.4 Å². The molecule has 1 aliphatic carbocycles. The molecular formula is C17H32N2S. The molecular weight excluding hydrogens is 264 g/mol. The molecule has 2 fully saturated rings. The lowest BCUT2D eigenvalue weighted by Crippen LogP contribution is -2.46. The molecule has 2 rings (SSSR count). The highest BCUT2D eigenvalue weighted by atomic mass is 32.2. The maximum absolute atomic E-state index is 4.89. The Morgan fingerprint density at radius 3 is 2.35 bits per heavy atom. The van der Waals surface area contributed by atoms with Gasteiger partial charge in [-0.05, 0) is 36.5 Å². The molecule has 1 saturated heterocycles. The first-order chi connectivity index (χ1) is 9.49. The summed E-state index contributed by atoms with van der Waals surface area (Å²) in [4.78, 5) is 4.89. The third kappa shape index (κ3) is 4.68. The van der Waals surface area contributed by atoms with Crippen LogP contribution in [0.25, 0.3) is 0 Å². The fourth-order valence-corrected chi connectivity index (χ4v) is 4.25. The van der Waals surface area contributed by atoms with E-state index < -0.39 is 0 Å². The summed E-state index contributed by atoms with van der Waals surface area (Å²) >= 11 is 1.92. The number of hydrogen-bond acceptors (Lipinski definition) is 2. The predicted octanol–water partition coefficient (Wildman–Crippen LogP) is 4.70. The standard InChI is InChI=1S/C17H32N2S/c1-5-13-6-8-14(9-7-13)12-18-16-19-15(10-11-20-16)17(2,3)4/h13-15H,5-12H2,1-4H3,(H,18,19). The van der Waals surface area contributed by atoms with Gasteiger partial charge < -0.3 is 5.32 Å². The van der Waals surface area contributed by atoms with E-state index in [9.17, 15) is 0 Å². The third-order valence-corrected chi connectivity index (χ3v) is 5.99. The molecule has 1 atom stereocenters. The van der Waals surface area contributed by atoms with Gasteiger partial charge >= 0.3 is 0 Å². The Kier molecular flexibility index (Phi) is 5.83. The van der Waals surface area contributed by atoms with Gasteiger partial charge in [-0.3, -0.25) is 4.99 Å². The molecule has 1 N–H and O–H groups in total. The second-order valence-electron chi connectivity index (χ2n) is 7.64. The molecule has 20 heavy (non-hydrogen) atoms. The molecule has 0 spiro atoms. The molecule has 0 aromatic rings. The second kappa shape index (κ2) is 7.20. The third-order valence-electron chi connectivity index (χ3n) is 5.03. The predicted molar refractivity (Wildman–Crippen MR) is 91.5 cm³/mol. The van der Waals surface area contributed by atoms with Crippen LogP contribution < -0.4 is 5.32 Å². The summed E-state index contributed by atoms with van der Waals surface area (Å²) in [5, 5.41) is 4.87. The van der Waals surface area contributed by atoms with E-state index in [4.69, 9.17) is 4.99 Å². The minimum Gasteiger partial charge on any atom is -0.362 e. The maximum Gasteiger partial charge on any atom is 0.156 e. The largest absolute Gasteiger partial charge is 0.362 e. The maximum atomic E-state index is 4.89. The molecule has 3 heteroatoms. The lowest BCUT2D eigenvalue weighted by molar-refractivity contribution is 0.273. The van der Waals surface area contributed by atoms with Crippen LogP contribution in [0.1, 0.15) is 66.2 Å². The van der Waals surface area contributed by atoms with Crippen molar-refractivity contribution in [3.63, 3.8) is 0 Å². The lowest BCUT2D eigenvalue weighted by Gasteiger charge is -2.35. The van der Waals surface area contributed by atoms with E-state index in [-0.39, 0.29) is 0 Å². The number of nitrogens with zero attached hydrogens (tertiary/aromatic N) is 1. The zero-order chi connectivity index (χ0) is 14.6. The van der Waals surface area contributed by atoms with Crippen LogP contribution in [0.2, 0.25) is 0 Å². The van der Waals surface area contributed by atoms with Gasteiger partial charge in [0.1, 0.15) is 0 Å². The van der Waals surface area contributed by atoms with Gasteiger partial charge in [0.2, 0.25) is 0 Å². The summed E-state index contributed by atoms with van der Waals surface area (Å²) in [5.74, 6) is 3.05. The second-order valence-corrected chi connectivity index (χ2v) is 8.72. The van der Waals surface area contributed by atoms with Crippen molar-refractivity contribution in [2.75, 3.05) is 12.3 Å². The quantitative estimate of drug-likeness (QED) is 0.816. The fourth-order valence-electron chi connectivity index (χ4n) is 3.31. The van der Waals surface area contributed by atoms with Gasteiger partial charge in [0, 0.05) is 18.3 Å². The summed E-state index contributed by atoms with van der Waals surface area (Å²) in [6, 6.07) is 0.582. The summed E-state index contributed by atoms with van der Waals surface area (Å²) in [7, 11) is 0. The smallest absolute Gasteiger partial charge is 0.156 e. The van der Waals surface area contributed by atoms with Crippen LogP contribution in [0.3, 0.4) is 0 Å². The van der Waals surface area contributed by atoms with Crippen LogP contribution in [0, 0.1) is 17.3 Å². The molecule has 0 aromatic carbocycles. The summed E-state index contributed by atoms with van der Waals surface area (Å²) in [6.45, 7) is 10.3. The number of aliphatic imine (C=N–C) groups is 1. The molecule has 116 valence electrons. The van der Waals surface area contributed by atoms with Crippen molar-refractivity contribution in [3.8, 4) is 0 Å².